The van der Waals surface area contributed by atoms with Gasteiger partial charge in [-0.05, 0) is 25.1 Å². The smallest absolute Gasteiger partial charge is 0.237 e. The highest BCUT2D eigenvalue weighted by molar-refractivity contribution is 5.96. The second-order valence-electron chi connectivity index (χ2n) is 6.45. The Hall–Kier alpha value is -2.67. The van der Waals surface area contributed by atoms with E-state index >= 15 is 0 Å². The number of carbonyl (C=O) groups is 2. The number of nitrogens with zero attached hydrogens (tertiary/aromatic N) is 3. The Morgan fingerprint density at radius 2 is 2.19 bits per heavy atom. The van der Waals surface area contributed by atoms with Crippen molar-refractivity contribution in [1.82, 2.24) is 19.8 Å². The Kier molecular flexibility index (Phi) is 5.68. The molecular formula is C19H25N5O2. The maximum Gasteiger partial charge on any atom is 0.237 e. The fourth-order valence-electron chi connectivity index (χ4n) is 3.27. The van der Waals surface area contributed by atoms with E-state index in [2.05, 4.69) is 15.6 Å². The van der Waals surface area contributed by atoms with E-state index < -0.39 is 6.04 Å². The normalized spacial score (nSPS) is 17.8. The highest BCUT2D eigenvalue weighted by atomic mass is 16.2. The number of imidazole rings is 1. The first-order valence-corrected chi connectivity index (χ1v) is 8.95. The largest absolute Gasteiger partial charge is 0.353 e. The molecule has 2 aromatic rings. The minimum atomic E-state index is -0.406. The van der Waals surface area contributed by atoms with E-state index in [9.17, 15) is 9.59 Å². The van der Waals surface area contributed by atoms with Crippen LogP contribution < -0.4 is 10.6 Å². The zero-order valence-corrected chi connectivity index (χ0v) is 15.2. The molecular weight excluding hydrogens is 330 g/mol. The van der Waals surface area contributed by atoms with Crippen LogP contribution in [0.4, 0.5) is 5.69 Å². The number of para-hydroxylation sites is 1. The molecule has 1 aliphatic rings. The van der Waals surface area contributed by atoms with E-state index in [-0.39, 0.29) is 18.2 Å². The summed E-state index contributed by atoms with van der Waals surface area (Å²) in [7, 11) is 0. The van der Waals surface area contributed by atoms with Crippen LogP contribution in [0.2, 0.25) is 0 Å². The molecule has 0 saturated carbocycles. The van der Waals surface area contributed by atoms with Crippen LogP contribution in [0.1, 0.15) is 24.7 Å². The second-order valence-corrected chi connectivity index (χ2v) is 6.45. The molecule has 1 aromatic carbocycles. The summed E-state index contributed by atoms with van der Waals surface area (Å²) >= 11 is 0. The van der Waals surface area contributed by atoms with Gasteiger partial charge in [0.25, 0.3) is 0 Å². The van der Waals surface area contributed by atoms with E-state index in [0.717, 1.165) is 30.2 Å². The lowest BCUT2D eigenvalue weighted by Gasteiger charge is -2.33. The van der Waals surface area contributed by atoms with Crippen molar-refractivity contribution >= 4 is 17.5 Å². The van der Waals surface area contributed by atoms with Crippen LogP contribution in [-0.2, 0) is 16.1 Å². The van der Waals surface area contributed by atoms with Gasteiger partial charge in [0.1, 0.15) is 5.82 Å². The number of amides is 2. The third kappa shape index (κ3) is 4.11. The fraction of sp³-hybridized carbons (Fsp3) is 0.421. The molecule has 0 spiro atoms. The lowest BCUT2D eigenvalue weighted by Crippen LogP contribution is -2.56. The van der Waals surface area contributed by atoms with Crippen LogP contribution >= 0.6 is 0 Å². The maximum absolute atomic E-state index is 12.6. The van der Waals surface area contributed by atoms with Crippen molar-refractivity contribution in [2.45, 2.75) is 32.9 Å². The van der Waals surface area contributed by atoms with Crippen LogP contribution in [0.15, 0.2) is 36.7 Å². The second kappa shape index (κ2) is 8.14. The van der Waals surface area contributed by atoms with Gasteiger partial charge >= 0.3 is 0 Å². The van der Waals surface area contributed by atoms with Crippen LogP contribution in [0.5, 0.6) is 0 Å². The lowest BCUT2D eigenvalue weighted by molar-refractivity contribution is -0.132. The Morgan fingerprint density at radius 3 is 2.92 bits per heavy atom. The number of carbonyl (C=O) groups excluding carboxylic acids is 2. The van der Waals surface area contributed by atoms with E-state index in [1.54, 1.807) is 6.20 Å². The number of rotatable bonds is 6. The van der Waals surface area contributed by atoms with Gasteiger partial charge in [-0.2, -0.15) is 0 Å². The molecule has 1 aromatic heterocycles. The molecule has 0 bridgehead atoms. The number of piperazine rings is 1. The zero-order valence-electron chi connectivity index (χ0n) is 15.2. The Labute approximate surface area is 153 Å². The topological polar surface area (TPSA) is 79.3 Å². The van der Waals surface area contributed by atoms with Gasteiger partial charge in [-0.3, -0.25) is 14.5 Å². The molecule has 138 valence electrons. The van der Waals surface area contributed by atoms with Gasteiger partial charge in [-0.1, -0.05) is 25.1 Å². The van der Waals surface area contributed by atoms with Gasteiger partial charge in [-0.25, -0.2) is 4.98 Å². The molecule has 7 heteroatoms. The van der Waals surface area contributed by atoms with Gasteiger partial charge < -0.3 is 15.2 Å². The maximum atomic E-state index is 12.6. The molecule has 1 atom stereocenters. The predicted molar refractivity (Wildman–Crippen MR) is 99.8 cm³/mol. The van der Waals surface area contributed by atoms with E-state index in [4.69, 9.17) is 0 Å². The van der Waals surface area contributed by atoms with Crippen molar-refractivity contribution in [3.63, 3.8) is 0 Å². The molecule has 1 fully saturated rings. The standard InChI is InChI=1S/C19H25N5O2/c1-3-23-10-9-21-19(26)17(23)12-18(25)22-16-7-5-4-6-15(16)13-24-11-8-20-14(24)2/h4-8,11,17H,3,9-10,12-13H2,1-2H3,(H,21,26)(H,22,25). The van der Waals surface area contributed by atoms with Crippen LogP contribution in [0.3, 0.4) is 0 Å². The predicted octanol–water partition coefficient (Wildman–Crippen LogP) is 1.39. The van der Waals surface area contributed by atoms with Crippen molar-refractivity contribution in [2.24, 2.45) is 0 Å². The van der Waals surface area contributed by atoms with Gasteiger partial charge in [0.15, 0.2) is 0 Å². The summed E-state index contributed by atoms with van der Waals surface area (Å²) < 4.78 is 2.03. The summed E-state index contributed by atoms with van der Waals surface area (Å²) in [4.78, 5) is 31.0. The molecule has 1 unspecified atom stereocenters. The van der Waals surface area contributed by atoms with E-state index in [1.807, 2.05) is 53.8 Å². The van der Waals surface area contributed by atoms with Crippen molar-refractivity contribution < 1.29 is 9.59 Å². The molecule has 3 rings (SSSR count). The van der Waals surface area contributed by atoms with Gasteiger partial charge in [0.05, 0.1) is 19.0 Å². The summed E-state index contributed by atoms with van der Waals surface area (Å²) in [6, 6.07) is 7.31. The third-order valence-electron chi connectivity index (χ3n) is 4.78. The summed E-state index contributed by atoms with van der Waals surface area (Å²) in [6.07, 6.45) is 3.83. The lowest BCUT2D eigenvalue weighted by atomic mass is 10.1. The number of nitrogens with one attached hydrogen (secondary N) is 2. The molecule has 1 saturated heterocycles. The van der Waals surface area contributed by atoms with E-state index in [0.29, 0.717) is 13.1 Å². The van der Waals surface area contributed by atoms with Gasteiger partial charge in [0, 0.05) is 31.2 Å². The van der Waals surface area contributed by atoms with Crippen molar-refractivity contribution in [2.75, 3.05) is 25.0 Å². The number of likely N-dealkylation sites (N-methyl/N-ethyl adjacent to an activating group) is 1. The fourth-order valence-corrected chi connectivity index (χ4v) is 3.27. The summed E-state index contributed by atoms with van der Waals surface area (Å²) in [5.41, 5.74) is 1.77. The molecule has 2 heterocycles. The minimum absolute atomic E-state index is 0.0735. The van der Waals surface area contributed by atoms with Crippen LogP contribution in [0.25, 0.3) is 0 Å². The van der Waals surface area contributed by atoms with Crippen LogP contribution in [-0.4, -0.2) is 51.9 Å². The number of hydrogen-bond donors (Lipinski definition) is 2. The van der Waals surface area contributed by atoms with Crippen LogP contribution in [0, 0.1) is 6.92 Å². The first-order chi connectivity index (χ1) is 12.6. The highest BCUT2D eigenvalue weighted by Gasteiger charge is 2.30. The number of aromatic nitrogens is 2. The average molecular weight is 355 g/mol. The molecule has 7 nitrogen and oxygen atoms in total. The van der Waals surface area contributed by atoms with Gasteiger partial charge in [-0.15, -0.1) is 0 Å². The summed E-state index contributed by atoms with van der Waals surface area (Å²) in [5.74, 6) is 0.694. The molecule has 26 heavy (non-hydrogen) atoms. The third-order valence-corrected chi connectivity index (χ3v) is 4.78. The summed E-state index contributed by atoms with van der Waals surface area (Å²) in [5, 5.41) is 5.82. The number of anilines is 1. The Balaban J connectivity index is 1.69. The van der Waals surface area contributed by atoms with Crippen molar-refractivity contribution in [3.8, 4) is 0 Å². The monoisotopic (exact) mass is 355 g/mol. The Morgan fingerprint density at radius 1 is 1.38 bits per heavy atom. The number of aryl methyl sites for hydroxylation is 1. The first kappa shape index (κ1) is 18.1. The average Bonchev–Trinajstić information content (AvgIpc) is 3.03. The van der Waals surface area contributed by atoms with E-state index in [1.165, 1.54) is 0 Å². The molecule has 1 aliphatic heterocycles. The van der Waals surface area contributed by atoms with Crippen molar-refractivity contribution in [1.29, 1.82) is 0 Å². The number of benzene rings is 1. The molecule has 2 N–H and O–H groups in total. The zero-order chi connectivity index (χ0) is 18.5. The number of hydrogen-bond acceptors (Lipinski definition) is 4. The quantitative estimate of drug-likeness (QED) is 0.821. The highest BCUT2D eigenvalue weighted by Crippen LogP contribution is 2.18. The first-order valence-electron chi connectivity index (χ1n) is 8.95. The van der Waals surface area contributed by atoms with Crippen molar-refractivity contribution in [3.05, 3.63) is 48.0 Å². The molecule has 0 radical (unpaired) electrons. The SMILES string of the molecule is CCN1CCNC(=O)C1CC(=O)Nc1ccccc1Cn1ccnc1C. The Bertz CT molecular complexity index is 786. The molecule has 2 amide bonds. The summed E-state index contributed by atoms with van der Waals surface area (Å²) in [6.45, 7) is 6.75. The van der Waals surface area contributed by atoms with Gasteiger partial charge in [0.2, 0.25) is 11.8 Å². The minimum Gasteiger partial charge on any atom is -0.353 e. The molecule has 0 aliphatic carbocycles.